The molecule has 1 saturated heterocycles. The summed E-state index contributed by atoms with van der Waals surface area (Å²) in [6.07, 6.45) is 2.64. The summed E-state index contributed by atoms with van der Waals surface area (Å²) in [6, 6.07) is 4.28. The molecule has 0 radical (unpaired) electrons. The number of carbonyl (C=O) groups is 1. The first-order valence-electron chi connectivity index (χ1n) is 5.11. The van der Waals surface area contributed by atoms with Gasteiger partial charge in [0, 0.05) is 37.4 Å². The van der Waals surface area contributed by atoms with E-state index < -0.39 is 0 Å². The first-order chi connectivity index (χ1) is 6.84. The normalized spacial score (nSPS) is 18.7. The summed E-state index contributed by atoms with van der Waals surface area (Å²) in [5, 5.41) is 2.12. The van der Waals surface area contributed by atoms with Gasteiger partial charge in [0.25, 0.3) is 0 Å². The SMILES string of the molecule is O=C1CCN(CCc2cccs2)CC1. The van der Waals surface area contributed by atoms with Gasteiger partial charge in [0.05, 0.1) is 0 Å². The van der Waals surface area contributed by atoms with E-state index in [9.17, 15) is 4.79 Å². The van der Waals surface area contributed by atoms with Crippen LogP contribution in [0.3, 0.4) is 0 Å². The Balaban J connectivity index is 1.73. The second-order valence-electron chi connectivity index (χ2n) is 3.71. The number of nitrogens with zero attached hydrogens (tertiary/aromatic N) is 1. The zero-order chi connectivity index (χ0) is 9.80. The topological polar surface area (TPSA) is 20.3 Å². The minimum absolute atomic E-state index is 0.428. The highest BCUT2D eigenvalue weighted by Gasteiger charge is 2.15. The van der Waals surface area contributed by atoms with Crippen LogP contribution in [-0.2, 0) is 11.2 Å². The Hall–Kier alpha value is -0.670. The molecule has 76 valence electrons. The lowest BCUT2D eigenvalue weighted by Crippen LogP contribution is -2.35. The zero-order valence-corrected chi connectivity index (χ0v) is 9.05. The number of hydrogen-bond donors (Lipinski definition) is 0. The van der Waals surface area contributed by atoms with E-state index in [4.69, 9.17) is 0 Å². The van der Waals surface area contributed by atoms with Crippen molar-refractivity contribution < 1.29 is 4.79 Å². The molecule has 1 aliphatic heterocycles. The largest absolute Gasteiger partial charge is 0.302 e. The molecule has 0 aliphatic carbocycles. The minimum atomic E-state index is 0.428. The van der Waals surface area contributed by atoms with Crippen LogP contribution in [0.15, 0.2) is 17.5 Å². The van der Waals surface area contributed by atoms with E-state index in [2.05, 4.69) is 22.4 Å². The summed E-state index contributed by atoms with van der Waals surface area (Å²) in [5.74, 6) is 0.428. The van der Waals surface area contributed by atoms with E-state index in [0.717, 1.165) is 38.9 Å². The number of ketones is 1. The van der Waals surface area contributed by atoms with Gasteiger partial charge in [-0.15, -0.1) is 11.3 Å². The fraction of sp³-hybridized carbons (Fsp3) is 0.545. The molecule has 0 saturated carbocycles. The van der Waals surface area contributed by atoms with Gasteiger partial charge in [-0.2, -0.15) is 0 Å². The monoisotopic (exact) mass is 209 g/mol. The fourth-order valence-electron chi connectivity index (χ4n) is 1.75. The number of rotatable bonds is 3. The van der Waals surface area contributed by atoms with Gasteiger partial charge in [-0.05, 0) is 17.9 Å². The summed E-state index contributed by atoms with van der Waals surface area (Å²) in [7, 11) is 0. The third-order valence-corrected chi connectivity index (χ3v) is 3.60. The van der Waals surface area contributed by atoms with Crippen LogP contribution in [0, 0.1) is 0 Å². The molecule has 0 spiro atoms. The Kier molecular flexibility index (Phi) is 3.32. The van der Waals surface area contributed by atoms with Crippen molar-refractivity contribution >= 4 is 17.1 Å². The van der Waals surface area contributed by atoms with E-state index in [1.165, 1.54) is 4.88 Å². The number of carbonyl (C=O) groups excluding carboxylic acids is 1. The molecular formula is C11H15NOS. The van der Waals surface area contributed by atoms with Gasteiger partial charge in [0.15, 0.2) is 0 Å². The van der Waals surface area contributed by atoms with E-state index in [1.807, 2.05) is 11.3 Å². The fourth-order valence-corrected chi connectivity index (χ4v) is 2.45. The molecule has 3 heteroatoms. The summed E-state index contributed by atoms with van der Waals surface area (Å²) < 4.78 is 0. The summed E-state index contributed by atoms with van der Waals surface area (Å²) in [4.78, 5) is 14.9. The molecule has 0 amide bonds. The first-order valence-corrected chi connectivity index (χ1v) is 5.99. The standard InChI is InChI=1S/C11H15NOS/c13-10-3-6-12(7-4-10)8-5-11-2-1-9-14-11/h1-2,9H,3-8H2. The Morgan fingerprint density at radius 3 is 2.79 bits per heavy atom. The number of piperidine rings is 1. The number of Topliss-reactive ketones (excluding diaryl/α,β-unsaturated/α-hetero) is 1. The van der Waals surface area contributed by atoms with Gasteiger partial charge in [-0.1, -0.05) is 6.07 Å². The quantitative estimate of drug-likeness (QED) is 0.758. The second-order valence-corrected chi connectivity index (χ2v) is 4.74. The van der Waals surface area contributed by atoms with E-state index in [0.29, 0.717) is 5.78 Å². The Bertz CT molecular complexity index is 284. The van der Waals surface area contributed by atoms with Crippen LogP contribution in [0.5, 0.6) is 0 Å². The van der Waals surface area contributed by atoms with Crippen molar-refractivity contribution in [1.29, 1.82) is 0 Å². The maximum atomic E-state index is 11.0. The minimum Gasteiger partial charge on any atom is -0.302 e. The Labute approximate surface area is 88.5 Å². The van der Waals surface area contributed by atoms with Crippen molar-refractivity contribution in [2.24, 2.45) is 0 Å². The average Bonchev–Trinajstić information content (AvgIpc) is 2.70. The van der Waals surface area contributed by atoms with Crippen molar-refractivity contribution in [3.63, 3.8) is 0 Å². The molecular weight excluding hydrogens is 194 g/mol. The van der Waals surface area contributed by atoms with Crippen LogP contribution >= 0.6 is 11.3 Å². The van der Waals surface area contributed by atoms with Crippen LogP contribution in [-0.4, -0.2) is 30.3 Å². The summed E-state index contributed by atoms with van der Waals surface area (Å²) >= 11 is 1.82. The van der Waals surface area contributed by atoms with Gasteiger partial charge in [-0.25, -0.2) is 0 Å². The Morgan fingerprint density at radius 2 is 2.14 bits per heavy atom. The molecule has 0 atom stereocenters. The number of hydrogen-bond acceptors (Lipinski definition) is 3. The van der Waals surface area contributed by atoms with Gasteiger partial charge >= 0.3 is 0 Å². The number of thiophene rings is 1. The molecule has 2 rings (SSSR count). The Morgan fingerprint density at radius 1 is 1.36 bits per heavy atom. The molecule has 1 aliphatic rings. The predicted molar refractivity (Wildman–Crippen MR) is 58.7 cm³/mol. The van der Waals surface area contributed by atoms with Gasteiger partial charge in [0.2, 0.25) is 0 Å². The molecule has 1 aromatic rings. The summed E-state index contributed by atoms with van der Waals surface area (Å²) in [6.45, 7) is 3.03. The van der Waals surface area contributed by atoms with Gasteiger partial charge < -0.3 is 4.90 Å². The van der Waals surface area contributed by atoms with E-state index >= 15 is 0 Å². The highest BCUT2D eigenvalue weighted by molar-refractivity contribution is 7.09. The molecule has 0 unspecified atom stereocenters. The molecule has 2 heterocycles. The first kappa shape index (κ1) is 9.87. The van der Waals surface area contributed by atoms with Gasteiger partial charge in [-0.3, -0.25) is 4.79 Å². The lowest BCUT2D eigenvalue weighted by molar-refractivity contribution is -0.121. The van der Waals surface area contributed by atoms with Crippen LogP contribution in [0.4, 0.5) is 0 Å². The maximum Gasteiger partial charge on any atom is 0.135 e. The highest BCUT2D eigenvalue weighted by atomic mass is 32.1. The molecule has 1 fully saturated rings. The third-order valence-electron chi connectivity index (χ3n) is 2.67. The predicted octanol–water partition coefficient (Wildman–Crippen LogP) is 1.96. The van der Waals surface area contributed by atoms with Crippen molar-refractivity contribution in [3.8, 4) is 0 Å². The average molecular weight is 209 g/mol. The highest BCUT2D eigenvalue weighted by Crippen LogP contribution is 2.11. The van der Waals surface area contributed by atoms with Crippen molar-refractivity contribution in [2.75, 3.05) is 19.6 Å². The summed E-state index contributed by atoms with van der Waals surface area (Å²) in [5.41, 5.74) is 0. The van der Waals surface area contributed by atoms with E-state index in [-0.39, 0.29) is 0 Å². The van der Waals surface area contributed by atoms with Crippen LogP contribution in [0.1, 0.15) is 17.7 Å². The van der Waals surface area contributed by atoms with Crippen LogP contribution in [0.25, 0.3) is 0 Å². The van der Waals surface area contributed by atoms with Crippen LogP contribution < -0.4 is 0 Å². The maximum absolute atomic E-state index is 11.0. The lowest BCUT2D eigenvalue weighted by atomic mass is 10.1. The van der Waals surface area contributed by atoms with Crippen molar-refractivity contribution in [1.82, 2.24) is 4.90 Å². The second kappa shape index (κ2) is 4.71. The number of likely N-dealkylation sites (tertiary alicyclic amines) is 1. The van der Waals surface area contributed by atoms with E-state index in [1.54, 1.807) is 0 Å². The lowest BCUT2D eigenvalue weighted by Gasteiger charge is -2.25. The van der Waals surface area contributed by atoms with Gasteiger partial charge in [0.1, 0.15) is 5.78 Å². The molecule has 14 heavy (non-hydrogen) atoms. The smallest absolute Gasteiger partial charge is 0.135 e. The molecule has 0 N–H and O–H groups in total. The van der Waals surface area contributed by atoms with Crippen molar-refractivity contribution in [3.05, 3.63) is 22.4 Å². The molecule has 0 aromatic carbocycles. The molecule has 1 aromatic heterocycles. The van der Waals surface area contributed by atoms with Crippen LogP contribution in [0.2, 0.25) is 0 Å². The molecule has 2 nitrogen and oxygen atoms in total. The molecule has 0 bridgehead atoms. The van der Waals surface area contributed by atoms with Crippen molar-refractivity contribution in [2.45, 2.75) is 19.3 Å². The third kappa shape index (κ3) is 2.66. The zero-order valence-electron chi connectivity index (χ0n) is 8.24.